The van der Waals surface area contributed by atoms with Crippen LogP contribution in [0.1, 0.15) is 39.5 Å². The molecule has 2 heterocycles. The largest absolute Gasteiger partial charge is 0.368 e. The van der Waals surface area contributed by atoms with Gasteiger partial charge in [-0.3, -0.25) is 0 Å². The number of aliphatic hydroxyl groups excluding tert-OH is 1. The van der Waals surface area contributed by atoms with Crippen LogP contribution < -0.4 is 0 Å². The summed E-state index contributed by atoms with van der Waals surface area (Å²) in [5.41, 5.74) is 0. The Bertz CT molecular complexity index is 217. The van der Waals surface area contributed by atoms with Crippen LogP contribution >= 0.6 is 0 Å². The zero-order valence-electron chi connectivity index (χ0n) is 9.44. The van der Waals surface area contributed by atoms with Crippen molar-refractivity contribution in [3.05, 3.63) is 0 Å². The highest BCUT2D eigenvalue weighted by Crippen LogP contribution is 2.28. The van der Waals surface area contributed by atoms with E-state index in [1.165, 1.54) is 0 Å². The molecule has 0 radical (unpaired) electrons. The Labute approximate surface area is 90.5 Å². The summed E-state index contributed by atoms with van der Waals surface area (Å²) in [5, 5.41) is 9.36. The monoisotopic (exact) mass is 216 g/mol. The topological polar surface area (TPSA) is 47.9 Å². The Morgan fingerprint density at radius 1 is 1.27 bits per heavy atom. The molecule has 0 aromatic carbocycles. The third-order valence-corrected chi connectivity index (χ3v) is 2.92. The third-order valence-electron chi connectivity index (χ3n) is 2.92. The van der Waals surface area contributed by atoms with Gasteiger partial charge in [-0.25, -0.2) is 0 Å². The number of aliphatic hydroxyl groups is 1. The first-order chi connectivity index (χ1) is 7.05. The maximum absolute atomic E-state index is 9.36. The van der Waals surface area contributed by atoms with Gasteiger partial charge in [-0.2, -0.15) is 0 Å². The molecule has 2 aliphatic rings. The summed E-state index contributed by atoms with van der Waals surface area (Å²) in [6.07, 6.45) is 3.26. The lowest BCUT2D eigenvalue weighted by atomic mass is 10.0. The van der Waals surface area contributed by atoms with Crippen molar-refractivity contribution >= 4 is 0 Å². The maximum Gasteiger partial charge on any atom is 0.163 e. The molecular weight excluding hydrogens is 196 g/mol. The summed E-state index contributed by atoms with van der Waals surface area (Å²) in [5.74, 6) is -0.460. The minimum atomic E-state index is -0.584. The van der Waals surface area contributed by atoms with Crippen molar-refractivity contribution in [3.8, 4) is 0 Å². The highest BCUT2D eigenvalue weighted by atomic mass is 16.7. The predicted molar refractivity (Wildman–Crippen MR) is 54.3 cm³/mol. The van der Waals surface area contributed by atoms with E-state index >= 15 is 0 Å². The molecule has 0 saturated carbocycles. The first-order valence-corrected chi connectivity index (χ1v) is 5.70. The molecule has 3 atom stereocenters. The van der Waals surface area contributed by atoms with E-state index in [1.54, 1.807) is 0 Å². The van der Waals surface area contributed by atoms with E-state index in [1.807, 2.05) is 13.8 Å². The first kappa shape index (κ1) is 11.3. The van der Waals surface area contributed by atoms with Gasteiger partial charge in [0.25, 0.3) is 0 Å². The lowest BCUT2D eigenvalue weighted by Gasteiger charge is -2.28. The van der Waals surface area contributed by atoms with E-state index in [0.29, 0.717) is 6.61 Å². The van der Waals surface area contributed by atoms with Gasteiger partial charge in [0.05, 0.1) is 18.8 Å². The molecule has 0 amide bonds. The van der Waals surface area contributed by atoms with Crippen LogP contribution in [0.25, 0.3) is 0 Å². The molecular formula is C11H20O4. The van der Waals surface area contributed by atoms with Gasteiger partial charge in [-0.05, 0) is 33.1 Å². The summed E-state index contributed by atoms with van der Waals surface area (Å²) in [6.45, 7) is 4.47. The van der Waals surface area contributed by atoms with Gasteiger partial charge in [-0.1, -0.05) is 0 Å². The molecule has 0 bridgehead atoms. The lowest BCUT2D eigenvalue weighted by molar-refractivity contribution is -0.178. The quantitative estimate of drug-likeness (QED) is 0.758. The van der Waals surface area contributed by atoms with E-state index in [9.17, 15) is 5.11 Å². The van der Waals surface area contributed by atoms with Crippen LogP contribution in [0.3, 0.4) is 0 Å². The summed E-state index contributed by atoms with van der Waals surface area (Å²) < 4.78 is 16.6. The Morgan fingerprint density at radius 2 is 2.07 bits per heavy atom. The Morgan fingerprint density at radius 3 is 2.67 bits per heavy atom. The van der Waals surface area contributed by atoms with Gasteiger partial charge in [0.15, 0.2) is 12.1 Å². The molecule has 0 aliphatic carbocycles. The normalized spacial score (nSPS) is 40.6. The van der Waals surface area contributed by atoms with Crippen molar-refractivity contribution in [2.45, 2.75) is 63.8 Å². The predicted octanol–water partition coefficient (Wildman–Crippen LogP) is 1.42. The van der Waals surface area contributed by atoms with Crippen molar-refractivity contribution < 1.29 is 19.3 Å². The van der Waals surface area contributed by atoms with Gasteiger partial charge in [0, 0.05) is 6.42 Å². The molecule has 2 saturated heterocycles. The van der Waals surface area contributed by atoms with Crippen molar-refractivity contribution in [3.63, 3.8) is 0 Å². The van der Waals surface area contributed by atoms with Gasteiger partial charge in [0.1, 0.15) is 0 Å². The van der Waals surface area contributed by atoms with Crippen molar-refractivity contribution in [2.75, 3.05) is 6.61 Å². The molecule has 0 aromatic heterocycles. The zero-order chi connectivity index (χ0) is 10.9. The molecule has 0 aromatic rings. The second-order valence-electron chi connectivity index (χ2n) is 4.83. The lowest BCUT2D eigenvalue weighted by Crippen LogP contribution is -2.31. The van der Waals surface area contributed by atoms with Crippen LogP contribution in [-0.4, -0.2) is 36.0 Å². The Hall–Kier alpha value is -0.160. The molecule has 2 rings (SSSR count). The Balaban J connectivity index is 1.77. The maximum atomic E-state index is 9.36. The summed E-state index contributed by atoms with van der Waals surface area (Å²) in [4.78, 5) is 0. The number of hydrogen-bond donors (Lipinski definition) is 1. The summed E-state index contributed by atoms with van der Waals surface area (Å²) in [6, 6.07) is 0. The Kier molecular flexibility index (Phi) is 3.30. The molecule has 1 N–H and O–H groups in total. The fourth-order valence-corrected chi connectivity index (χ4v) is 2.22. The first-order valence-electron chi connectivity index (χ1n) is 5.70. The standard InChI is InChI=1S/C11H20O4/c1-11(2)13-7-9(15-11)6-8-4-3-5-10(12)14-8/h8-10,12H,3-7H2,1-2H3/t8-,9-,10?/m1/s1. The van der Waals surface area contributed by atoms with Gasteiger partial charge in [-0.15, -0.1) is 0 Å². The van der Waals surface area contributed by atoms with Gasteiger partial charge < -0.3 is 19.3 Å². The highest BCUT2D eigenvalue weighted by Gasteiger charge is 2.35. The fourth-order valence-electron chi connectivity index (χ4n) is 2.22. The van der Waals surface area contributed by atoms with Crippen molar-refractivity contribution in [1.29, 1.82) is 0 Å². The van der Waals surface area contributed by atoms with E-state index in [2.05, 4.69) is 0 Å². The minimum Gasteiger partial charge on any atom is -0.368 e. The smallest absolute Gasteiger partial charge is 0.163 e. The van der Waals surface area contributed by atoms with Crippen LogP contribution in [0.2, 0.25) is 0 Å². The van der Waals surface area contributed by atoms with Crippen molar-refractivity contribution in [2.24, 2.45) is 0 Å². The second kappa shape index (κ2) is 4.37. The molecule has 4 heteroatoms. The minimum absolute atomic E-state index is 0.107. The zero-order valence-corrected chi connectivity index (χ0v) is 9.44. The highest BCUT2D eigenvalue weighted by molar-refractivity contribution is 4.76. The average molecular weight is 216 g/mol. The van der Waals surface area contributed by atoms with Gasteiger partial charge >= 0.3 is 0 Å². The summed E-state index contributed by atoms with van der Waals surface area (Å²) >= 11 is 0. The van der Waals surface area contributed by atoms with Crippen LogP contribution in [0, 0.1) is 0 Å². The molecule has 88 valence electrons. The summed E-state index contributed by atoms with van der Waals surface area (Å²) in [7, 11) is 0. The SMILES string of the molecule is CC1(C)OC[C@@H](C[C@H]2CCCC(O)O2)O1. The van der Waals surface area contributed by atoms with E-state index < -0.39 is 12.1 Å². The molecule has 15 heavy (non-hydrogen) atoms. The molecule has 2 fully saturated rings. The number of ether oxygens (including phenoxy) is 3. The van der Waals surface area contributed by atoms with Gasteiger partial charge in [0.2, 0.25) is 0 Å². The molecule has 4 nitrogen and oxygen atoms in total. The number of rotatable bonds is 2. The molecule has 2 aliphatic heterocycles. The average Bonchev–Trinajstić information content (AvgIpc) is 2.45. The molecule has 1 unspecified atom stereocenters. The van der Waals surface area contributed by atoms with Crippen LogP contribution in [0.4, 0.5) is 0 Å². The van der Waals surface area contributed by atoms with Crippen LogP contribution in [0.5, 0.6) is 0 Å². The van der Waals surface area contributed by atoms with Crippen LogP contribution in [-0.2, 0) is 14.2 Å². The third kappa shape index (κ3) is 3.14. The van der Waals surface area contributed by atoms with Crippen molar-refractivity contribution in [1.82, 2.24) is 0 Å². The molecule has 0 spiro atoms. The van der Waals surface area contributed by atoms with E-state index in [4.69, 9.17) is 14.2 Å². The van der Waals surface area contributed by atoms with E-state index in [0.717, 1.165) is 25.7 Å². The second-order valence-corrected chi connectivity index (χ2v) is 4.83. The van der Waals surface area contributed by atoms with Crippen LogP contribution in [0.15, 0.2) is 0 Å². The fraction of sp³-hybridized carbons (Fsp3) is 1.00. The number of hydrogen-bond acceptors (Lipinski definition) is 4. The van der Waals surface area contributed by atoms with E-state index in [-0.39, 0.29) is 12.2 Å².